The number of benzene rings is 1. The number of esters is 1. The van der Waals surface area contributed by atoms with Crippen LogP contribution in [-0.4, -0.2) is 60.0 Å². The van der Waals surface area contributed by atoms with E-state index in [1.54, 1.807) is 4.90 Å². The quantitative estimate of drug-likeness (QED) is 0.413. The predicted octanol–water partition coefficient (Wildman–Crippen LogP) is 1.67. The largest absolute Gasteiger partial charge is 0.490 e. The lowest BCUT2D eigenvalue weighted by molar-refractivity contribution is -0.385. The van der Waals surface area contributed by atoms with E-state index < -0.39 is 30.0 Å². The van der Waals surface area contributed by atoms with Gasteiger partial charge >= 0.3 is 11.7 Å². The van der Waals surface area contributed by atoms with E-state index >= 15 is 0 Å². The number of amides is 2. The average Bonchev–Trinajstić information content (AvgIpc) is 2.69. The zero-order chi connectivity index (χ0) is 21.6. The van der Waals surface area contributed by atoms with E-state index in [0.29, 0.717) is 0 Å². The molecule has 10 nitrogen and oxygen atoms in total. The first-order valence-electron chi connectivity index (χ1n) is 9.32. The molecule has 29 heavy (non-hydrogen) atoms. The number of piperidine rings is 1. The highest BCUT2D eigenvalue weighted by Gasteiger charge is 2.29. The van der Waals surface area contributed by atoms with Crippen molar-refractivity contribution in [2.75, 3.05) is 20.3 Å². The van der Waals surface area contributed by atoms with E-state index in [0.717, 1.165) is 25.3 Å². The van der Waals surface area contributed by atoms with Gasteiger partial charge in [0.05, 0.1) is 12.0 Å². The third-order valence-corrected chi connectivity index (χ3v) is 4.87. The molecule has 158 valence electrons. The van der Waals surface area contributed by atoms with Crippen molar-refractivity contribution in [1.29, 1.82) is 0 Å². The van der Waals surface area contributed by atoms with Crippen LogP contribution in [0.25, 0.3) is 0 Å². The van der Waals surface area contributed by atoms with Crippen molar-refractivity contribution in [2.24, 2.45) is 0 Å². The molecule has 0 aromatic heterocycles. The van der Waals surface area contributed by atoms with Gasteiger partial charge in [-0.1, -0.05) is 0 Å². The van der Waals surface area contributed by atoms with Crippen molar-refractivity contribution in [3.63, 3.8) is 0 Å². The Morgan fingerprint density at radius 2 is 1.90 bits per heavy atom. The first-order chi connectivity index (χ1) is 13.7. The van der Waals surface area contributed by atoms with Crippen molar-refractivity contribution >= 4 is 23.5 Å². The summed E-state index contributed by atoms with van der Waals surface area (Å²) in [5, 5.41) is 13.4. The number of ether oxygens (including phenoxy) is 2. The molecule has 0 bridgehead atoms. The van der Waals surface area contributed by atoms with Crippen LogP contribution in [0.1, 0.15) is 43.5 Å². The topological polar surface area (TPSA) is 128 Å². The Morgan fingerprint density at radius 3 is 2.48 bits per heavy atom. The molecule has 10 heteroatoms. The SMILES string of the molecule is COc1ccc(C(=O)NCC(=O)OCC(=O)N2[C@H](C)CCC[C@@H]2C)cc1[N+](=O)[O-]. The van der Waals surface area contributed by atoms with Gasteiger partial charge in [-0.3, -0.25) is 24.5 Å². The number of hydrogen-bond acceptors (Lipinski definition) is 7. The molecule has 0 saturated carbocycles. The summed E-state index contributed by atoms with van der Waals surface area (Å²) < 4.78 is 9.84. The lowest BCUT2D eigenvalue weighted by Gasteiger charge is -2.38. The number of carbonyl (C=O) groups is 3. The Hall–Kier alpha value is -3.17. The summed E-state index contributed by atoms with van der Waals surface area (Å²) in [6.45, 7) is 3.07. The Kier molecular flexibility index (Phi) is 7.52. The first kappa shape index (κ1) is 22.1. The second-order valence-corrected chi connectivity index (χ2v) is 6.92. The van der Waals surface area contributed by atoms with Crippen LogP contribution in [0.5, 0.6) is 5.75 Å². The Balaban J connectivity index is 1.86. The maximum atomic E-state index is 12.3. The van der Waals surface area contributed by atoms with Gasteiger partial charge in [0.1, 0.15) is 6.54 Å². The van der Waals surface area contributed by atoms with Crippen LogP contribution in [0.15, 0.2) is 18.2 Å². The average molecular weight is 407 g/mol. The number of nitrogens with one attached hydrogen (secondary N) is 1. The fraction of sp³-hybridized carbons (Fsp3) is 0.526. The Morgan fingerprint density at radius 1 is 1.24 bits per heavy atom. The molecule has 1 N–H and O–H groups in total. The van der Waals surface area contributed by atoms with Crippen molar-refractivity contribution in [3.05, 3.63) is 33.9 Å². The van der Waals surface area contributed by atoms with E-state index in [1.807, 2.05) is 13.8 Å². The minimum Gasteiger partial charge on any atom is -0.490 e. The second kappa shape index (κ2) is 9.85. The smallest absolute Gasteiger partial charge is 0.325 e. The number of carbonyl (C=O) groups excluding carboxylic acids is 3. The summed E-state index contributed by atoms with van der Waals surface area (Å²) in [5.74, 6) is -1.70. The molecule has 1 aromatic carbocycles. The van der Waals surface area contributed by atoms with E-state index in [9.17, 15) is 24.5 Å². The lowest BCUT2D eigenvalue weighted by Crippen LogP contribution is -2.49. The molecule has 2 rings (SSSR count). The fourth-order valence-electron chi connectivity index (χ4n) is 3.41. The number of hydrogen-bond donors (Lipinski definition) is 1. The first-order valence-corrected chi connectivity index (χ1v) is 9.32. The van der Waals surface area contributed by atoms with Crippen molar-refractivity contribution in [2.45, 2.75) is 45.2 Å². The van der Waals surface area contributed by atoms with Gasteiger partial charge in [0, 0.05) is 23.7 Å². The zero-order valence-corrected chi connectivity index (χ0v) is 16.7. The highest BCUT2D eigenvalue weighted by atomic mass is 16.6. The standard InChI is InChI=1S/C19H25N3O7/c1-12-5-4-6-13(2)21(12)17(23)11-29-18(24)10-20-19(25)14-7-8-16(28-3)15(9-14)22(26)27/h7-9,12-13H,4-6,10-11H2,1-3H3,(H,20,25)/t12-,13+. The number of nitro benzene ring substituents is 1. The van der Waals surface area contributed by atoms with E-state index in [1.165, 1.54) is 19.2 Å². The third kappa shape index (κ3) is 5.66. The van der Waals surface area contributed by atoms with Gasteiger partial charge in [0.15, 0.2) is 12.4 Å². The van der Waals surface area contributed by atoms with E-state index in [2.05, 4.69) is 5.32 Å². The van der Waals surface area contributed by atoms with Crippen LogP contribution in [0.3, 0.4) is 0 Å². The molecule has 1 heterocycles. The predicted molar refractivity (Wildman–Crippen MR) is 103 cm³/mol. The number of nitrogens with zero attached hydrogens (tertiary/aromatic N) is 2. The Labute approximate surface area is 168 Å². The van der Waals surface area contributed by atoms with E-state index in [4.69, 9.17) is 9.47 Å². The van der Waals surface area contributed by atoms with E-state index in [-0.39, 0.29) is 35.0 Å². The zero-order valence-electron chi connectivity index (χ0n) is 16.7. The molecule has 0 radical (unpaired) electrons. The van der Waals surface area contributed by atoms with Crippen molar-refractivity contribution in [1.82, 2.24) is 10.2 Å². The molecule has 0 spiro atoms. The summed E-state index contributed by atoms with van der Waals surface area (Å²) in [6, 6.07) is 3.88. The summed E-state index contributed by atoms with van der Waals surface area (Å²) in [5.41, 5.74) is -0.365. The normalized spacial score (nSPS) is 18.7. The molecule has 1 aliphatic rings. The van der Waals surface area contributed by atoms with Gasteiger partial charge in [-0.05, 0) is 45.2 Å². The molecular weight excluding hydrogens is 382 g/mol. The fourth-order valence-corrected chi connectivity index (χ4v) is 3.41. The van der Waals surface area contributed by atoms with Gasteiger partial charge in [0.2, 0.25) is 0 Å². The van der Waals surface area contributed by atoms with Gasteiger partial charge in [-0.2, -0.15) is 0 Å². The number of nitro groups is 1. The maximum Gasteiger partial charge on any atom is 0.325 e. The molecule has 1 saturated heterocycles. The number of methoxy groups -OCH3 is 1. The van der Waals surface area contributed by atoms with Gasteiger partial charge < -0.3 is 19.7 Å². The van der Waals surface area contributed by atoms with Crippen molar-refractivity contribution < 1.29 is 28.8 Å². The minimum absolute atomic E-state index is 0.00246. The summed E-state index contributed by atoms with van der Waals surface area (Å²) in [7, 11) is 1.28. The number of likely N-dealkylation sites (tertiary alicyclic amines) is 1. The summed E-state index contributed by atoms with van der Waals surface area (Å²) in [4.78, 5) is 48.4. The van der Waals surface area contributed by atoms with Crippen LogP contribution in [0, 0.1) is 10.1 Å². The third-order valence-electron chi connectivity index (χ3n) is 4.87. The molecular formula is C19H25N3O7. The second-order valence-electron chi connectivity index (χ2n) is 6.92. The molecule has 2 amide bonds. The van der Waals surface area contributed by atoms with Crippen LogP contribution in [-0.2, 0) is 14.3 Å². The molecule has 0 aliphatic carbocycles. The monoisotopic (exact) mass is 407 g/mol. The summed E-state index contributed by atoms with van der Waals surface area (Å²) in [6.07, 6.45) is 2.88. The Bertz CT molecular complexity index is 786. The van der Waals surface area contributed by atoms with Crippen molar-refractivity contribution in [3.8, 4) is 5.75 Å². The highest BCUT2D eigenvalue weighted by Crippen LogP contribution is 2.27. The van der Waals surface area contributed by atoms with Crippen LogP contribution < -0.4 is 10.1 Å². The molecule has 2 atom stereocenters. The number of rotatable bonds is 7. The molecule has 1 fully saturated rings. The van der Waals surface area contributed by atoms with Crippen LogP contribution in [0.4, 0.5) is 5.69 Å². The van der Waals surface area contributed by atoms with Gasteiger partial charge in [0.25, 0.3) is 11.8 Å². The lowest BCUT2D eigenvalue weighted by atomic mass is 9.97. The van der Waals surface area contributed by atoms with Gasteiger partial charge in [-0.25, -0.2) is 0 Å². The van der Waals surface area contributed by atoms with Crippen LogP contribution >= 0.6 is 0 Å². The summed E-state index contributed by atoms with van der Waals surface area (Å²) >= 11 is 0. The van der Waals surface area contributed by atoms with Gasteiger partial charge in [-0.15, -0.1) is 0 Å². The van der Waals surface area contributed by atoms with Crippen LogP contribution in [0.2, 0.25) is 0 Å². The minimum atomic E-state index is -0.771. The highest BCUT2D eigenvalue weighted by molar-refractivity contribution is 5.97. The molecule has 0 unspecified atom stereocenters. The molecule has 1 aliphatic heterocycles. The maximum absolute atomic E-state index is 12.3. The molecule has 1 aromatic rings.